The molecule has 1 aromatic carbocycles. The van der Waals surface area contributed by atoms with Gasteiger partial charge in [0.2, 0.25) is 0 Å². The van der Waals surface area contributed by atoms with E-state index in [1.807, 2.05) is 24.3 Å². The summed E-state index contributed by atoms with van der Waals surface area (Å²) in [6.07, 6.45) is 0.208. The highest BCUT2D eigenvalue weighted by Crippen LogP contribution is 2.22. The van der Waals surface area contributed by atoms with Gasteiger partial charge in [0.1, 0.15) is 11.9 Å². The highest BCUT2D eigenvalue weighted by atomic mass is 32.1. The molecule has 2 unspecified atom stereocenters. The van der Waals surface area contributed by atoms with Gasteiger partial charge in [0.25, 0.3) is 5.91 Å². The van der Waals surface area contributed by atoms with Crippen LogP contribution in [0.2, 0.25) is 0 Å². The highest BCUT2D eigenvalue weighted by molar-refractivity contribution is 7.14. The number of ether oxygens (including phenoxy) is 1. The fourth-order valence-electron chi connectivity index (χ4n) is 2.27. The van der Waals surface area contributed by atoms with Gasteiger partial charge in [-0.1, -0.05) is 12.1 Å². The molecule has 2 aromatic rings. The number of nitrogens with two attached hydrogens (primary N) is 1. The van der Waals surface area contributed by atoms with Gasteiger partial charge in [0.15, 0.2) is 0 Å². The van der Waals surface area contributed by atoms with Crippen molar-refractivity contribution in [3.63, 3.8) is 0 Å². The lowest BCUT2D eigenvalue weighted by molar-refractivity contribution is 0.100. The Morgan fingerprint density at radius 3 is 2.57 bits per heavy atom. The van der Waals surface area contributed by atoms with Gasteiger partial charge in [-0.2, -0.15) is 0 Å². The Morgan fingerprint density at radius 2 is 2.00 bits per heavy atom. The maximum absolute atomic E-state index is 11.1. The molecule has 0 spiro atoms. The van der Waals surface area contributed by atoms with Crippen LogP contribution in [0.25, 0.3) is 0 Å². The van der Waals surface area contributed by atoms with Crippen LogP contribution in [0.15, 0.2) is 36.4 Å². The van der Waals surface area contributed by atoms with E-state index in [0.717, 1.165) is 17.0 Å². The van der Waals surface area contributed by atoms with Crippen molar-refractivity contribution < 1.29 is 14.6 Å². The molecule has 6 heteroatoms. The standard InChI is InChI=1S/C17H22N2O3S/c1-11(9-12-3-5-13(22-2)6-4-12)19-10-14(20)15-7-8-16(23-15)17(18)21/h3-8,11,14,19-20H,9-10H2,1-2H3,(H2,18,21). The molecule has 0 aliphatic rings. The van der Waals surface area contributed by atoms with E-state index in [1.54, 1.807) is 19.2 Å². The Morgan fingerprint density at radius 1 is 1.30 bits per heavy atom. The molecule has 0 aliphatic carbocycles. The van der Waals surface area contributed by atoms with Gasteiger partial charge in [-0.25, -0.2) is 0 Å². The Bertz CT molecular complexity index is 640. The largest absolute Gasteiger partial charge is 0.497 e. The van der Waals surface area contributed by atoms with Gasteiger partial charge in [-0.3, -0.25) is 4.79 Å². The Hall–Kier alpha value is -1.89. The van der Waals surface area contributed by atoms with Crippen molar-refractivity contribution in [3.8, 4) is 5.75 Å². The van der Waals surface area contributed by atoms with Crippen molar-refractivity contribution in [2.45, 2.75) is 25.5 Å². The number of hydrogen-bond acceptors (Lipinski definition) is 5. The maximum Gasteiger partial charge on any atom is 0.258 e. The monoisotopic (exact) mass is 334 g/mol. The van der Waals surface area contributed by atoms with Crippen LogP contribution in [0, 0.1) is 0 Å². The number of thiophene rings is 1. The molecule has 23 heavy (non-hydrogen) atoms. The normalized spacial score (nSPS) is 13.5. The zero-order valence-electron chi connectivity index (χ0n) is 13.3. The Balaban J connectivity index is 1.82. The van der Waals surface area contributed by atoms with E-state index in [0.29, 0.717) is 11.4 Å². The molecule has 1 aromatic heterocycles. The predicted octanol–water partition coefficient (Wildman–Crippen LogP) is 2.11. The maximum atomic E-state index is 11.1. The average molecular weight is 334 g/mol. The lowest BCUT2D eigenvalue weighted by Gasteiger charge is -2.16. The molecular formula is C17H22N2O3S. The van der Waals surface area contributed by atoms with Gasteiger partial charge < -0.3 is 20.9 Å². The molecule has 0 radical (unpaired) electrons. The third-order valence-electron chi connectivity index (χ3n) is 3.56. The van der Waals surface area contributed by atoms with Crippen LogP contribution >= 0.6 is 11.3 Å². The number of carbonyl (C=O) groups is 1. The quantitative estimate of drug-likeness (QED) is 0.690. The summed E-state index contributed by atoms with van der Waals surface area (Å²) in [4.78, 5) is 12.3. The summed E-state index contributed by atoms with van der Waals surface area (Å²) in [7, 11) is 1.65. The second-order valence-corrected chi connectivity index (χ2v) is 6.56. The van der Waals surface area contributed by atoms with E-state index in [9.17, 15) is 9.90 Å². The number of amides is 1. The molecule has 5 nitrogen and oxygen atoms in total. The number of aliphatic hydroxyl groups excluding tert-OH is 1. The number of methoxy groups -OCH3 is 1. The van der Waals surface area contributed by atoms with Crippen molar-refractivity contribution in [1.29, 1.82) is 0 Å². The summed E-state index contributed by atoms with van der Waals surface area (Å²) in [6, 6.07) is 11.5. The number of rotatable bonds is 8. The number of hydrogen-bond donors (Lipinski definition) is 3. The molecule has 1 amide bonds. The van der Waals surface area contributed by atoms with Crippen LogP contribution in [0.5, 0.6) is 5.75 Å². The summed E-state index contributed by atoms with van der Waals surface area (Å²) < 4.78 is 5.14. The lowest BCUT2D eigenvalue weighted by atomic mass is 10.1. The van der Waals surface area contributed by atoms with Gasteiger partial charge in [0.05, 0.1) is 12.0 Å². The number of primary amides is 1. The second-order valence-electron chi connectivity index (χ2n) is 5.44. The van der Waals surface area contributed by atoms with E-state index in [-0.39, 0.29) is 6.04 Å². The van der Waals surface area contributed by atoms with Crippen molar-refractivity contribution >= 4 is 17.2 Å². The van der Waals surface area contributed by atoms with Crippen LogP contribution in [0.3, 0.4) is 0 Å². The smallest absolute Gasteiger partial charge is 0.258 e. The molecule has 0 saturated carbocycles. The summed E-state index contributed by atoms with van der Waals surface area (Å²) >= 11 is 1.23. The minimum atomic E-state index is -0.647. The minimum absolute atomic E-state index is 0.216. The fourth-order valence-corrected chi connectivity index (χ4v) is 3.11. The van der Waals surface area contributed by atoms with Gasteiger partial charge in [-0.15, -0.1) is 11.3 Å². The first kappa shape index (κ1) is 17.5. The van der Waals surface area contributed by atoms with Crippen LogP contribution in [0.4, 0.5) is 0 Å². The number of aliphatic hydroxyl groups is 1. The third-order valence-corrected chi connectivity index (χ3v) is 4.76. The summed E-state index contributed by atoms with van der Waals surface area (Å²) in [6.45, 7) is 2.50. The van der Waals surface area contributed by atoms with Crippen LogP contribution in [-0.2, 0) is 6.42 Å². The van der Waals surface area contributed by atoms with Crippen molar-refractivity contribution in [3.05, 3.63) is 51.7 Å². The first-order valence-electron chi connectivity index (χ1n) is 7.43. The van der Waals surface area contributed by atoms with Crippen LogP contribution in [0.1, 0.15) is 33.1 Å². The molecule has 2 atom stereocenters. The fraction of sp³-hybridized carbons (Fsp3) is 0.353. The third kappa shape index (κ3) is 5.06. The lowest BCUT2D eigenvalue weighted by Crippen LogP contribution is -2.31. The van der Waals surface area contributed by atoms with Gasteiger partial charge in [-0.05, 0) is 43.2 Å². The topological polar surface area (TPSA) is 84.6 Å². The Kier molecular flexibility index (Phi) is 6.15. The molecule has 2 rings (SSSR count). The molecular weight excluding hydrogens is 312 g/mol. The van der Waals surface area contributed by atoms with Crippen molar-refractivity contribution in [2.75, 3.05) is 13.7 Å². The second kappa shape index (κ2) is 8.10. The zero-order chi connectivity index (χ0) is 16.8. The van der Waals surface area contributed by atoms with Gasteiger partial charge >= 0.3 is 0 Å². The average Bonchev–Trinajstić information content (AvgIpc) is 3.03. The van der Waals surface area contributed by atoms with Crippen molar-refractivity contribution in [2.24, 2.45) is 5.73 Å². The zero-order valence-corrected chi connectivity index (χ0v) is 14.1. The molecule has 124 valence electrons. The van der Waals surface area contributed by atoms with E-state index in [2.05, 4.69) is 12.2 Å². The van der Waals surface area contributed by atoms with E-state index < -0.39 is 12.0 Å². The van der Waals surface area contributed by atoms with E-state index >= 15 is 0 Å². The number of carbonyl (C=O) groups excluding carboxylic acids is 1. The van der Waals surface area contributed by atoms with Gasteiger partial charge in [0, 0.05) is 17.5 Å². The molecule has 0 saturated heterocycles. The number of nitrogens with one attached hydrogen (secondary N) is 1. The molecule has 1 heterocycles. The van der Waals surface area contributed by atoms with Crippen molar-refractivity contribution in [1.82, 2.24) is 5.32 Å². The molecule has 0 aliphatic heterocycles. The van der Waals surface area contributed by atoms with Crippen LogP contribution < -0.4 is 15.8 Å². The first-order chi connectivity index (χ1) is 11.0. The molecule has 4 N–H and O–H groups in total. The SMILES string of the molecule is COc1ccc(CC(C)NCC(O)c2ccc(C(N)=O)s2)cc1. The Labute approximate surface area is 140 Å². The first-order valence-corrected chi connectivity index (χ1v) is 8.25. The molecule has 0 bridgehead atoms. The summed E-state index contributed by atoms with van der Waals surface area (Å²) in [5.74, 6) is 0.377. The minimum Gasteiger partial charge on any atom is -0.497 e. The number of benzene rings is 1. The van der Waals surface area contributed by atoms with E-state index in [4.69, 9.17) is 10.5 Å². The highest BCUT2D eigenvalue weighted by Gasteiger charge is 2.14. The predicted molar refractivity (Wildman–Crippen MR) is 92.0 cm³/mol. The molecule has 0 fully saturated rings. The van der Waals surface area contributed by atoms with E-state index in [1.165, 1.54) is 16.9 Å². The summed E-state index contributed by atoms with van der Waals surface area (Å²) in [5.41, 5.74) is 6.42. The van der Waals surface area contributed by atoms with Crippen LogP contribution in [-0.4, -0.2) is 30.7 Å². The summed E-state index contributed by atoms with van der Waals surface area (Å²) in [5, 5.41) is 13.5.